The molecular formula is C17H27N3O2. The van der Waals surface area contributed by atoms with Gasteiger partial charge in [0.2, 0.25) is 5.91 Å². The van der Waals surface area contributed by atoms with Gasteiger partial charge in [0.25, 0.3) is 0 Å². The number of piperazine rings is 1. The first kappa shape index (κ1) is 16.9. The first-order chi connectivity index (χ1) is 10.7. The van der Waals surface area contributed by atoms with Gasteiger partial charge in [-0.2, -0.15) is 0 Å². The first-order valence-electron chi connectivity index (χ1n) is 8.09. The smallest absolute Gasteiger partial charge is 0.221 e. The Morgan fingerprint density at radius 1 is 1.14 bits per heavy atom. The third-order valence-corrected chi connectivity index (χ3v) is 4.21. The van der Waals surface area contributed by atoms with Gasteiger partial charge in [0.15, 0.2) is 0 Å². The van der Waals surface area contributed by atoms with E-state index < -0.39 is 0 Å². The van der Waals surface area contributed by atoms with Gasteiger partial charge < -0.3 is 15.3 Å². The van der Waals surface area contributed by atoms with E-state index in [4.69, 9.17) is 5.11 Å². The lowest BCUT2D eigenvalue weighted by molar-refractivity contribution is -0.122. The summed E-state index contributed by atoms with van der Waals surface area (Å²) in [5.74, 6) is 0.106. The zero-order valence-corrected chi connectivity index (χ0v) is 13.4. The van der Waals surface area contributed by atoms with Crippen LogP contribution in [0.25, 0.3) is 0 Å². The van der Waals surface area contributed by atoms with Crippen molar-refractivity contribution in [3.8, 4) is 0 Å². The highest BCUT2D eigenvalue weighted by Crippen LogP contribution is 2.11. The van der Waals surface area contributed by atoms with E-state index in [2.05, 4.69) is 15.1 Å². The van der Waals surface area contributed by atoms with Gasteiger partial charge >= 0.3 is 0 Å². The molecule has 0 bridgehead atoms. The van der Waals surface area contributed by atoms with Crippen LogP contribution in [0.5, 0.6) is 0 Å². The lowest BCUT2D eigenvalue weighted by Crippen LogP contribution is -2.47. The maximum absolute atomic E-state index is 12.1. The quantitative estimate of drug-likeness (QED) is 0.785. The number of nitrogens with zero attached hydrogens (tertiary/aromatic N) is 2. The highest BCUT2D eigenvalue weighted by Gasteiger charge is 2.17. The van der Waals surface area contributed by atoms with Crippen LogP contribution in [0.1, 0.15) is 24.9 Å². The van der Waals surface area contributed by atoms with Gasteiger partial charge in [-0.3, -0.25) is 9.69 Å². The minimum atomic E-state index is 0.0510. The van der Waals surface area contributed by atoms with E-state index in [-0.39, 0.29) is 18.6 Å². The second-order valence-corrected chi connectivity index (χ2v) is 5.86. The van der Waals surface area contributed by atoms with Crippen LogP contribution in [0.4, 0.5) is 0 Å². The minimum Gasteiger partial charge on any atom is -0.395 e. The van der Waals surface area contributed by atoms with Gasteiger partial charge in [-0.05, 0) is 12.5 Å². The van der Waals surface area contributed by atoms with Gasteiger partial charge in [0.05, 0.1) is 12.6 Å². The average Bonchev–Trinajstić information content (AvgIpc) is 2.55. The Morgan fingerprint density at radius 3 is 2.32 bits per heavy atom. The molecule has 0 spiro atoms. The van der Waals surface area contributed by atoms with Crippen molar-refractivity contribution in [2.24, 2.45) is 0 Å². The van der Waals surface area contributed by atoms with Gasteiger partial charge in [-0.1, -0.05) is 30.3 Å². The van der Waals surface area contributed by atoms with Crippen molar-refractivity contribution in [3.05, 3.63) is 35.9 Å². The molecule has 1 heterocycles. The number of nitrogens with one attached hydrogen (secondary N) is 1. The summed E-state index contributed by atoms with van der Waals surface area (Å²) < 4.78 is 0. The zero-order valence-electron chi connectivity index (χ0n) is 13.4. The Balaban J connectivity index is 1.66. The number of hydrogen-bond donors (Lipinski definition) is 2. The molecule has 1 fully saturated rings. The van der Waals surface area contributed by atoms with Crippen LogP contribution in [0.2, 0.25) is 0 Å². The number of rotatable bonds is 7. The summed E-state index contributed by atoms with van der Waals surface area (Å²) in [5.41, 5.74) is 1.13. The number of β-amino-alcohol motifs (C(OH)–C–C–N with tert-alkyl or cyclic N) is 1. The molecule has 122 valence electrons. The van der Waals surface area contributed by atoms with Crippen LogP contribution in [-0.2, 0) is 4.79 Å². The van der Waals surface area contributed by atoms with Crippen molar-refractivity contribution in [1.29, 1.82) is 0 Å². The van der Waals surface area contributed by atoms with Crippen molar-refractivity contribution >= 4 is 5.91 Å². The molecule has 0 aromatic heterocycles. The monoisotopic (exact) mass is 305 g/mol. The fourth-order valence-electron chi connectivity index (χ4n) is 2.78. The van der Waals surface area contributed by atoms with Gasteiger partial charge in [0.1, 0.15) is 0 Å². The number of carbonyl (C=O) groups excluding carboxylic acids is 1. The minimum absolute atomic E-state index is 0.0510. The maximum atomic E-state index is 12.1. The number of benzene rings is 1. The molecule has 0 aliphatic carbocycles. The van der Waals surface area contributed by atoms with Crippen molar-refractivity contribution in [2.75, 3.05) is 45.9 Å². The summed E-state index contributed by atoms with van der Waals surface area (Å²) in [6.45, 7) is 7.69. The first-order valence-corrected chi connectivity index (χ1v) is 8.09. The maximum Gasteiger partial charge on any atom is 0.221 e. The normalized spacial score (nSPS) is 18.1. The Kier molecular flexibility index (Phi) is 6.83. The molecule has 1 saturated heterocycles. The van der Waals surface area contributed by atoms with Gasteiger partial charge in [0, 0.05) is 45.7 Å². The van der Waals surface area contributed by atoms with Crippen LogP contribution in [-0.4, -0.2) is 66.7 Å². The Morgan fingerprint density at radius 2 is 1.73 bits per heavy atom. The van der Waals surface area contributed by atoms with Crippen LogP contribution in [0.15, 0.2) is 30.3 Å². The molecule has 1 aromatic rings. The number of hydrogen-bond acceptors (Lipinski definition) is 4. The number of aliphatic hydroxyl groups is 1. The highest BCUT2D eigenvalue weighted by atomic mass is 16.3. The molecule has 5 heteroatoms. The molecular weight excluding hydrogens is 278 g/mol. The number of carbonyl (C=O) groups is 1. The summed E-state index contributed by atoms with van der Waals surface area (Å²) in [6, 6.07) is 10.1. The predicted molar refractivity (Wildman–Crippen MR) is 87.6 cm³/mol. The van der Waals surface area contributed by atoms with Crippen LogP contribution >= 0.6 is 0 Å². The van der Waals surface area contributed by atoms with Crippen LogP contribution in [0, 0.1) is 0 Å². The molecule has 0 radical (unpaired) electrons. The molecule has 2 N–H and O–H groups in total. The third-order valence-electron chi connectivity index (χ3n) is 4.21. The molecule has 1 aromatic carbocycles. The van der Waals surface area contributed by atoms with Crippen LogP contribution < -0.4 is 5.32 Å². The van der Waals surface area contributed by atoms with Crippen LogP contribution in [0.3, 0.4) is 0 Å². The Bertz CT molecular complexity index is 444. The van der Waals surface area contributed by atoms with E-state index in [1.54, 1.807) is 0 Å². The number of aliphatic hydroxyl groups excluding tert-OH is 1. The van der Waals surface area contributed by atoms with Crippen molar-refractivity contribution in [2.45, 2.75) is 19.4 Å². The molecule has 5 nitrogen and oxygen atoms in total. The fourth-order valence-corrected chi connectivity index (χ4v) is 2.78. The van der Waals surface area contributed by atoms with E-state index in [1.165, 1.54) is 0 Å². The van der Waals surface area contributed by atoms with Crippen molar-refractivity contribution in [1.82, 2.24) is 15.1 Å². The van der Waals surface area contributed by atoms with Crippen molar-refractivity contribution in [3.63, 3.8) is 0 Å². The largest absolute Gasteiger partial charge is 0.395 e. The second kappa shape index (κ2) is 8.88. The summed E-state index contributed by atoms with van der Waals surface area (Å²) in [4.78, 5) is 16.6. The average molecular weight is 305 g/mol. The van der Waals surface area contributed by atoms with E-state index in [0.717, 1.165) is 44.8 Å². The SMILES string of the molecule is C[C@@H](NC(=O)CCN1CCN(CCO)CC1)c1ccccc1. The second-order valence-electron chi connectivity index (χ2n) is 5.86. The lowest BCUT2D eigenvalue weighted by Gasteiger charge is -2.34. The predicted octanol–water partition coefficient (Wildman–Crippen LogP) is 0.864. The molecule has 2 rings (SSSR count). The lowest BCUT2D eigenvalue weighted by atomic mass is 10.1. The van der Waals surface area contributed by atoms with Gasteiger partial charge in [-0.15, -0.1) is 0 Å². The molecule has 22 heavy (non-hydrogen) atoms. The van der Waals surface area contributed by atoms with E-state index in [1.807, 2.05) is 37.3 Å². The summed E-state index contributed by atoms with van der Waals surface area (Å²) in [7, 11) is 0. The zero-order chi connectivity index (χ0) is 15.8. The summed E-state index contributed by atoms with van der Waals surface area (Å²) in [5, 5.41) is 12.0. The number of amides is 1. The molecule has 0 saturated carbocycles. The Hall–Kier alpha value is -1.43. The van der Waals surface area contributed by atoms with E-state index in [0.29, 0.717) is 6.42 Å². The summed E-state index contributed by atoms with van der Waals surface area (Å²) in [6.07, 6.45) is 0.539. The van der Waals surface area contributed by atoms with E-state index >= 15 is 0 Å². The van der Waals surface area contributed by atoms with E-state index in [9.17, 15) is 4.79 Å². The molecule has 1 amide bonds. The molecule has 0 unspecified atom stereocenters. The highest BCUT2D eigenvalue weighted by molar-refractivity contribution is 5.76. The van der Waals surface area contributed by atoms with Gasteiger partial charge in [-0.25, -0.2) is 0 Å². The molecule has 1 aliphatic heterocycles. The van der Waals surface area contributed by atoms with Crippen molar-refractivity contribution < 1.29 is 9.90 Å². The standard InChI is InChI=1S/C17H27N3O2/c1-15(16-5-3-2-4-6-16)18-17(22)7-8-19-9-11-20(12-10-19)13-14-21/h2-6,15,21H,7-14H2,1H3,(H,18,22)/t15-/m1/s1. The fraction of sp³-hybridized carbons (Fsp3) is 0.588. The third kappa shape index (κ3) is 5.40. The topological polar surface area (TPSA) is 55.8 Å². The molecule has 1 atom stereocenters. The Labute approximate surface area is 132 Å². The summed E-state index contributed by atoms with van der Waals surface area (Å²) >= 11 is 0. The molecule has 1 aliphatic rings.